The molecule has 2 amide bonds. The van der Waals surface area contributed by atoms with Gasteiger partial charge in [-0.3, -0.25) is 9.59 Å². The molecule has 5 rings (SSSR count). The van der Waals surface area contributed by atoms with Gasteiger partial charge in [0.2, 0.25) is 5.91 Å². The van der Waals surface area contributed by atoms with E-state index in [0.717, 1.165) is 40.0 Å². The largest absolute Gasteiger partial charge is 0.494 e. The minimum Gasteiger partial charge on any atom is -0.494 e. The fourth-order valence-electron chi connectivity index (χ4n) is 6.19. The van der Waals surface area contributed by atoms with Gasteiger partial charge in [0.25, 0.3) is 5.91 Å². The molecule has 10 heteroatoms. The van der Waals surface area contributed by atoms with Crippen LogP contribution in [0.4, 0.5) is 0 Å². The molecule has 292 valence electrons. The standard InChI is InChI=1S/C46H51ClN4O5/c1-5-6-7-8-9-26-56-39-24-18-33(19-25-39)36-29-48-42(49-30-36)34-14-10-31(11-15-34)27-40(50-43(52)35-16-20-37(21-17-35)46(2,3)4)44(53)51-41(45(54)55)28-32-12-22-38(47)23-13-32/h10-25,29-30,40-41H,5-9,26-28H2,1-4H3,(H,50,52)(H,51,53)(H,54,55)/t40-,41?/m0/s1. The molecule has 0 saturated heterocycles. The second-order valence-corrected chi connectivity index (χ2v) is 15.5. The van der Waals surface area contributed by atoms with Gasteiger partial charge in [0, 0.05) is 46.9 Å². The third kappa shape index (κ3) is 12.2. The molecule has 1 heterocycles. The van der Waals surface area contributed by atoms with E-state index in [0.29, 0.717) is 28.6 Å². The number of rotatable bonds is 18. The van der Waals surface area contributed by atoms with Gasteiger partial charge in [0.1, 0.15) is 17.8 Å². The molecule has 56 heavy (non-hydrogen) atoms. The lowest BCUT2D eigenvalue weighted by molar-refractivity contribution is -0.142. The minimum absolute atomic E-state index is 0.0413. The first-order chi connectivity index (χ1) is 26.9. The number of aliphatic carboxylic acids is 1. The van der Waals surface area contributed by atoms with E-state index in [1.165, 1.54) is 25.7 Å². The molecule has 1 aromatic heterocycles. The van der Waals surface area contributed by atoms with Gasteiger partial charge in [-0.15, -0.1) is 0 Å². The van der Waals surface area contributed by atoms with Crippen LogP contribution in [0.2, 0.25) is 5.02 Å². The van der Waals surface area contributed by atoms with E-state index >= 15 is 0 Å². The predicted octanol–water partition coefficient (Wildman–Crippen LogP) is 9.26. The van der Waals surface area contributed by atoms with Crippen LogP contribution < -0.4 is 15.4 Å². The molecule has 0 aliphatic rings. The average Bonchev–Trinajstić information content (AvgIpc) is 3.19. The summed E-state index contributed by atoms with van der Waals surface area (Å²) in [5.74, 6) is -0.871. The molecular formula is C46H51ClN4O5. The lowest BCUT2D eigenvalue weighted by atomic mass is 9.86. The van der Waals surface area contributed by atoms with Crippen molar-refractivity contribution in [2.45, 2.75) is 90.1 Å². The van der Waals surface area contributed by atoms with Gasteiger partial charge in [-0.2, -0.15) is 0 Å². The smallest absolute Gasteiger partial charge is 0.326 e. The molecule has 9 nitrogen and oxygen atoms in total. The number of hydrogen-bond donors (Lipinski definition) is 3. The van der Waals surface area contributed by atoms with Crippen molar-refractivity contribution < 1.29 is 24.2 Å². The Kier molecular flexibility index (Phi) is 14.8. The van der Waals surface area contributed by atoms with Crippen LogP contribution in [0.15, 0.2) is 109 Å². The highest BCUT2D eigenvalue weighted by Gasteiger charge is 2.28. The highest BCUT2D eigenvalue weighted by Crippen LogP contribution is 2.25. The topological polar surface area (TPSA) is 131 Å². The summed E-state index contributed by atoms with van der Waals surface area (Å²) in [5, 5.41) is 16.0. The number of ether oxygens (including phenoxy) is 1. The number of nitrogens with one attached hydrogen (secondary N) is 2. The third-order valence-corrected chi connectivity index (χ3v) is 9.86. The number of carbonyl (C=O) groups is 3. The van der Waals surface area contributed by atoms with Crippen molar-refractivity contribution in [3.05, 3.63) is 137 Å². The molecule has 0 radical (unpaired) electrons. The third-order valence-electron chi connectivity index (χ3n) is 9.61. The number of carboxylic acid groups (broad SMARTS) is 1. The molecule has 2 atom stereocenters. The second-order valence-electron chi connectivity index (χ2n) is 15.1. The number of unbranched alkanes of at least 4 members (excludes halogenated alkanes) is 4. The van der Waals surface area contributed by atoms with E-state index in [4.69, 9.17) is 16.3 Å². The van der Waals surface area contributed by atoms with E-state index in [-0.39, 0.29) is 18.3 Å². The van der Waals surface area contributed by atoms with Crippen LogP contribution in [-0.4, -0.2) is 51.5 Å². The average molecular weight is 775 g/mol. The van der Waals surface area contributed by atoms with E-state index in [1.54, 1.807) is 48.8 Å². The van der Waals surface area contributed by atoms with Gasteiger partial charge >= 0.3 is 5.97 Å². The maximum atomic E-state index is 13.8. The van der Waals surface area contributed by atoms with Crippen LogP contribution in [0, 0.1) is 0 Å². The van der Waals surface area contributed by atoms with Gasteiger partial charge in [-0.25, -0.2) is 14.8 Å². The summed E-state index contributed by atoms with van der Waals surface area (Å²) in [7, 11) is 0. The Balaban J connectivity index is 1.27. The van der Waals surface area contributed by atoms with Gasteiger partial charge in [0.05, 0.1) is 6.61 Å². The quantitative estimate of drug-likeness (QED) is 0.0757. The number of carboxylic acids is 1. The van der Waals surface area contributed by atoms with Crippen molar-refractivity contribution in [2.24, 2.45) is 0 Å². The van der Waals surface area contributed by atoms with E-state index in [2.05, 4.69) is 48.3 Å². The zero-order valence-corrected chi connectivity index (χ0v) is 33.3. The first-order valence-electron chi connectivity index (χ1n) is 19.2. The zero-order chi connectivity index (χ0) is 40.1. The highest BCUT2D eigenvalue weighted by atomic mass is 35.5. The maximum Gasteiger partial charge on any atom is 0.326 e. The summed E-state index contributed by atoms with van der Waals surface area (Å²) in [6.45, 7) is 9.19. The van der Waals surface area contributed by atoms with Crippen LogP contribution >= 0.6 is 11.6 Å². The van der Waals surface area contributed by atoms with Crippen LogP contribution in [0.5, 0.6) is 5.75 Å². The Morgan fingerprint density at radius 3 is 1.86 bits per heavy atom. The molecule has 0 fully saturated rings. The zero-order valence-electron chi connectivity index (χ0n) is 32.6. The minimum atomic E-state index is -1.23. The Bertz CT molecular complexity index is 2030. The Hall–Kier alpha value is -5.54. The van der Waals surface area contributed by atoms with Crippen molar-refractivity contribution in [1.29, 1.82) is 0 Å². The van der Waals surface area contributed by atoms with Crippen LogP contribution in [0.25, 0.3) is 22.5 Å². The molecule has 0 spiro atoms. The summed E-state index contributed by atoms with van der Waals surface area (Å²) < 4.78 is 5.90. The monoisotopic (exact) mass is 774 g/mol. The van der Waals surface area contributed by atoms with E-state index < -0.39 is 29.9 Å². The number of benzene rings is 4. The first-order valence-corrected chi connectivity index (χ1v) is 19.6. The van der Waals surface area contributed by atoms with Crippen molar-refractivity contribution in [3.8, 4) is 28.3 Å². The van der Waals surface area contributed by atoms with Crippen LogP contribution in [0.3, 0.4) is 0 Å². The summed E-state index contributed by atoms with van der Waals surface area (Å²) in [4.78, 5) is 48.7. The predicted molar refractivity (Wildman–Crippen MR) is 222 cm³/mol. The van der Waals surface area contributed by atoms with Crippen molar-refractivity contribution in [3.63, 3.8) is 0 Å². The summed E-state index contributed by atoms with van der Waals surface area (Å²) >= 11 is 6.01. The van der Waals surface area contributed by atoms with Crippen LogP contribution in [-0.2, 0) is 27.8 Å². The highest BCUT2D eigenvalue weighted by molar-refractivity contribution is 6.30. The van der Waals surface area contributed by atoms with Crippen LogP contribution in [0.1, 0.15) is 86.8 Å². The summed E-state index contributed by atoms with van der Waals surface area (Å²) in [5.41, 5.74) is 5.45. The molecular weight excluding hydrogens is 724 g/mol. The number of amides is 2. The fourth-order valence-corrected chi connectivity index (χ4v) is 6.32. The molecule has 4 aromatic carbocycles. The SMILES string of the molecule is CCCCCCCOc1ccc(-c2cnc(-c3ccc(C[C@H](NC(=O)c4ccc(C(C)(C)C)cc4)C(=O)NC(Cc4ccc(Cl)cc4)C(=O)O)cc3)nc2)cc1. The van der Waals surface area contributed by atoms with E-state index in [1.807, 2.05) is 60.7 Å². The normalized spacial score (nSPS) is 12.4. The van der Waals surface area contributed by atoms with Crippen molar-refractivity contribution in [1.82, 2.24) is 20.6 Å². The fraction of sp³-hybridized carbons (Fsp3) is 0.326. The number of carbonyl (C=O) groups excluding carboxylic acids is 2. The van der Waals surface area contributed by atoms with Gasteiger partial charge in [-0.1, -0.05) is 126 Å². The molecule has 0 saturated carbocycles. The maximum absolute atomic E-state index is 13.8. The number of nitrogens with zero attached hydrogens (tertiary/aromatic N) is 2. The molecule has 0 aliphatic carbocycles. The van der Waals surface area contributed by atoms with Crippen molar-refractivity contribution in [2.75, 3.05) is 6.61 Å². The Labute approximate surface area is 334 Å². The van der Waals surface area contributed by atoms with Gasteiger partial charge in [0.15, 0.2) is 5.82 Å². The lowest BCUT2D eigenvalue weighted by Crippen LogP contribution is -2.53. The van der Waals surface area contributed by atoms with Crippen molar-refractivity contribution >= 4 is 29.4 Å². The Morgan fingerprint density at radius 1 is 0.696 bits per heavy atom. The van der Waals surface area contributed by atoms with E-state index in [9.17, 15) is 19.5 Å². The Morgan fingerprint density at radius 2 is 1.27 bits per heavy atom. The van der Waals surface area contributed by atoms with Gasteiger partial charge < -0.3 is 20.5 Å². The molecule has 3 N–H and O–H groups in total. The number of hydrogen-bond acceptors (Lipinski definition) is 6. The van der Waals surface area contributed by atoms with Gasteiger partial charge in [-0.05, 0) is 70.5 Å². The molecule has 0 bridgehead atoms. The molecule has 0 aliphatic heterocycles. The molecule has 1 unspecified atom stereocenters. The lowest BCUT2D eigenvalue weighted by Gasteiger charge is -2.22. The molecule has 5 aromatic rings. The first kappa shape index (κ1) is 41.6. The summed E-state index contributed by atoms with van der Waals surface area (Å²) in [6.07, 6.45) is 9.70. The summed E-state index contributed by atoms with van der Waals surface area (Å²) in [6, 6.07) is 27.1. The second kappa shape index (κ2) is 19.9. The number of aromatic nitrogens is 2. The number of halogens is 1.